The summed E-state index contributed by atoms with van der Waals surface area (Å²) in [6.07, 6.45) is 2.39. The summed E-state index contributed by atoms with van der Waals surface area (Å²) in [6, 6.07) is 7.56. The summed E-state index contributed by atoms with van der Waals surface area (Å²) < 4.78 is 12.9. The van der Waals surface area contributed by atoms with E-state index in [0.717, 1.165) is 24.1 Å². The van der Waals surface area contributed by atoms with Gasteiger partial charge >= 0.3 is 0 Å². The number of carbonyl (C=O) groups excluding carboxylic acids is 2. The Labute approximate surface area is 157 Å². The van der Waals surface area contributed by atoms with Crippen molar-refractivity contribution in [2.45, 2.75) is 39.2 Å². The molecule has 138 valence electrons. The number of thiophene rings is 1. The number of nitrogens with zero attached hydrogens (tertiary/aromatic N) is 1. The average molecular weight is 374 g/mol. The molecule has 1 N–H and O–H groups in total. The molecule has 6 heteroatoms. The minimum atomic E-state index is -0.358. The van der Waals surface area contributed by atoms with Gasteiger partial charge in [-0.05, 0) is 62.1 Å². The molecule has 2 aromatic rings. The van der Waals surface area contributed by atoms with Crippen molar-refractivity contribution >= 4 is 23.2 Å². The highest BCUT2D eigenvalue weighted by Gasteiger charge is 2.26. The average Bonchev–Trinajstić information content (AvgIpc) is 3.03. The van der Waals surface area contributed by atoms with E-state index in [0.29, 0.717) is 18.7 Å². The fourth-order valence-corrected chi connectivity index (χ4v) is 4.31. The zero-order chi connectivity index (χ0) is 18.7. The molecule has 0 radical (unpaired) electrons. The first-order valence-electron chi connectivity index (χ1n) is 8.93. The van der Waals surface area contributed by atoms with Gasteiger partial charge in [0.05, 0.1) is 4.88 Å². The lowest BCUT2D eigenvalue weighted by Crippen LogP contribution is -2.46. The molecular formula is C20H23FN2O2S. The fourth-order valence-electron chi connectivity index (χ4n) is 3.23. The van der Waals surface area contributed by atoms with E-state index in [1.165, 1.54) is 34.7 Å². The van der Waals surface area contributed by atoms with Crippen molar-refractivity contribution in [2.75, 3.05) is 13.1 Å². The molecule has 2 heterocycles. The Morgan fingerprint density at radius 2 is 1.88 bits per heavy atom. The van der Waals surface area contributed by atoms with Gasteiger partial charge in [-0.1, -0.05) is 6.92 Å². The third kappa shape index (κ3) is 4.12. The van der Waals surface area contributed by atoms with Crippen molar-refractivity contribution in [3.05, 3.63) is 57.0 Å². The van der Waals surface area contributed by atoms with Gasteiger partial charge in [0, 0.05) is 29.6 Å². The molecule has 1 aliphatic heterocycles. The molecule has 1 aliphatic rings. The van der Waals surface area contributed by atoms with Crippen LogP contribution in [0.4, 0.5) is 4.39 Å². The third-order valence-electron chi connectivity index (χ3n) is 4.84. The van der Waals surface area contributed by atoms with Crippen LogP contribution in [0.25, 0.3) is 0 Å². The largest absolute Gasteiger partial charge is 0.349 e. The van der Waals surface area contributed by atoms with Crippen molar-refractivity contribution < 1.29 is 14.0 Å². The molecule has 1 aromatic carbocycles. The molecule has 4 nitrogen and oxygen atoms in total. The second kappa shape index (κ2) is 7.99. The standard InChI is InChI=1S/C20H23FN2O2S/c1-3-14-12-18(26-13(14)2)20(25)23-10-8-17(9-11-23)22-19(24)15-4-6-16(21)7-5-15/h4-7,12,17H,3,8-11H2,1-2H3,(H,22,24). The number of hydrogen-bond acceptors (Lipinski definition) is 3. The number of benzene rings is 1. The van der Waals surface area contributed by atoms with Gasteiger partial charge in [-0.25, -0.2) is 4.39 Å². The van der Waals surface area contributed by atoms with Gasteiger partial charge in [-0.2, -0.15) is 0 Å². The predicted molar refractivity (Wildman–Crippen MR) is 101 cm³/mol. The number of amides is 2. The van der Waals surface area contributed by atoms with E-state index in [2.05, 4.69) is 19.2 Å². The Morgan fingerprint density at radius 1 is 1.23 bits per heavy atom. The number of carbonyl (C=O) groups is 2. The van der Waals surface area contributed by atoms with Crippen LogP contribution < -0.4 is 5.32 Å². The zero-order valence-electron chi connectivity index (χ0n) is 15.0. The summed E-state index contributed by atoms with van der Waals surface area (Å²) in [7, 11) is 0. The summed E-state index contributed by atoms with van der Waals surface area (Å²) >= 11 is 1.56. The third-order valence-corrected chi connectivity index (χ3v) is 5.92. The molecule has 2 amide bonds. The molecular weight excluding hydrogens is 351 g/mol. The number of hydrogen-bond donors (Lipinski definition) is 1. The number of nitrogens with one attached hydrogen (secondary N) is 1. The molecule has 26 heavy (non-hydrogen) atoms. The molecule has 0 saturated carbocycles. The fraction of sp³-hybridized carbons (Fsp3) is 0.400. The molecule has 0 aliphatic carbocycles. The van der Waals surface area contributed by atoms with Crippen LogP contribution in [0.5, 0.6) is 0 Å². The van der Waals surface area contributed by atoms with Gasteiger partial charge in [-0.3, -0.25) is 9.59 Å². The van der Waals surface area contributed by atoms with Crippen molar-refractivity contribution in [3.8, 4) is 0 Å². The van der Waals surface area contributed by atoms with E-state index in [9.17, 15) is 14.0 Å². The van der Waals surface area contributed by atoms with Gasteiger partial charge in [0.2, 0.25) is 0 Å². The Hall–Kier alpha value is -2.21. The Balaban J connectivity index is 1.54. The number of aryl methyl sites for hydroxylation is 2. The Morgan fingerprint density at radius 3 is 2.46 bits per heavy atom. The number of halogens is 1. The zero-order valence-corrected chi connectivity index (χ0v) is 15.9. The van der Waals surface area contributed by atoms with Crippen LogP contribution in [0.15, 0.2) is 30.3 Å². The number of likely N-dealkylation sites (tertiary alicyclic amines) is 1. The van der Waals surface area contributed by atoms with Crippen molar-refractivity contribution in [2.24, 2.45) is 0 Å². The van der Waals surface area contributed by atoms with E-state index in [1.54, 1.807) is 11.3 Å². The Bertz CT molecular complexity index is 793. The van der Waals surface area contributed by atoms with Crippen molar-refractivity contribution in [1.82, 2.24) is 10.2 Å². The van der Waals surface area contributed by atoms with Gasteiger partial charge in [0.1, 0.15) is 5.82 Å². The molecule has 0 unspecified atom stereocenters. The quantitative estimate of drug-likeness (QED) is 0.885. The highest BCUT2D eigenvalue weighted by molar-refractivity contribution is 7.14. The normalized spacial score (nSPS) is 15.1. The maximum atomic E-state index is 12.9. The highest BCUT2D eigenvalue weighted by atomic mass is 32.1. The molecule has 1 fully saturated rings. The van der Waals surface area contributed by atoms with Crippen LogP contribution in [-0.4, -0.2) is 35.8 Å². The topological polar surface area (TPSA) is 49.4 Å². The van der Waals surface area contributed by atoms with Crippen LogP contribution in [0.3, 0.4) is 0 Å². The number of rotatable bonds is 4. The molecule has 0 atom stereocenters. The van der Waals surface area contributed by atoms with E-state index >= 15 is 0 Å². The number of piperidine rings is 1. The summed E-state index contributed by atoms with van der Waals surface area (Å²) in [5.41, 5.74) is 1.69. The second-order valence-electron chi connectivity index (χ2n) is 6.59. The monoisotopic (exact) mass is 374 g/mol. The highest BCUT2D eigenvalue weighted by Crippen LogP contribution is 2.24. The van der Waals surface area contributed by atoms with Crippen LogP contribution in [0.2, 0.25) is 0 Å². The van der Waals surface area contributed by atoms with Crippen LogP contribution >= 0.6 is 11.3 Å². The molecule has 1 aromatic heterocycles. The van der Waals surface area contributed by atoms with E-state index in [-0.39, 0.29) is 23.7 Å². The smallest absolute Gasteiger partial charge is 0.263 e. The van der Waals surface area contributed by atoms with E-state index < -0.39 is 0 Å². The van der Waals surface area contributed by atoms with Gasteiger partial charge in [0.25, 0.3) is 11.8 Å². The van der Waals surface area contributed by atoms with Gasteiger partial charge in [-0.15, -0.1) is 11.3 Å². The van der Waals surface area contributed by atoms with E-state index in [1.807, 2.05) is 11.0 Å². The van der Waals surface area contributed by atoms with E-state index in [4.69, 9.17) is 0 Å². The Kier molecular flexibility index (Phi) is 5.71. The summed E-state index contributed by atoms with van der Waals surface area (Å²) in [5.74, 6) is -0.472. The first kappa shape index (κ1) is 18.6. The molecule has 1 saturated heterocycles. The minimum absolute atomic E-state index is 0.0351. The summed E-state index contributed by atoms with van der Waals surface area (Å²) in [5, 5.41) is 2.98. The minimum Gasteiger partial charge on any atom is -0.349 e. The predicted octanol–water partition coefficient (Wildman–Crippen LogP) is 3.79. The lowest BCUT2D eigenvalue weighted by molar-refractivity contribution is 0.0702. The maximum Gasteiger partial charge on any atom is 0.263 e. The van der Waals surface area contributed by atoms with Crippen LogP contribution in [0.1, 0.15) is 50.2 Å². The maximum absolute atomic E-state index is 12.9. The molecule has 0 bridgehead atoms. The first-order chi connectivity index (χ1) is 12.5. The van der Waals surface area contributed by atoms with Crippen LogP contribution in [0, 0.1) is 12.7 Å². The van der Waals surface area contributed by atoms with Crippen molar-refractivity contribution in [1.29, 1.82) is 0 Å². The van der Waals surface area contributed by atoms with Gasteiger partial charge in [0.15, 0.2) is 0 Å². The van der Waals surface area contributed by atoms with Crippen molar-refractivity contribution in [3.63, 3.8) is 0 Å². The van der Waals surface area contributed by atoms with Gasteiger partial charge < -0.3 is 10.2 Å². The summed E-state index contributed by atoms with van der Waals surface area (Å²) in [4.78, 5) is 28.8. The lowest BCUT2D eigenvalue weighted by Gasteiger charge is -2.32. The summed E-state index contributed by atoms with van der Waals surface area (Å²) in [6.45, 7) is 5.41. The SMILES string of the molecule is CCc1cc(C(=O)N2CCC(NC(=O)c3ccc(F)cc3)CC2)sc1C. The lowest BCUT2D eigenvalue weighted by atomic mass is 10.0. The van der Waals surface area contributed by atoms with Crippen LogP contribution in [-0.2, 0) is 6.42 Å². The second-order valence-corrected chi connectivity index (χ2v) is 7.85. The first-order valence-corrected chi connectivity index (χ1v) is 9.74. The molecule has 0 spiro atoms. The molecule has 3 rings (SSSR count).